The highest BCUT2D eigenvalue weighted by atomic mass is 16.7. The van der Waals surface area contributed by atoms with Gasteiger partial charge in [-0.05, 0) is 42.0 Å². The number of carbonyl (C=O) groups is 2. The summed E-state index contributed by atoms with van der Waals surface area (Å²) in [5, 5.41) is 14.4. The SMILES string of the molecule is N#Cc1cccc2c(-c3ccccc3)c(C(=O)NN=Cc3ccccc3OC(=O)c3ccc4c(c3)OCO4)[nH]c12. The molecule has 2 heterocycles. The molecule has 0 fully saturated rings. The molecule has 0 unspecified atom stereocenters. The van der Waals surface area contributed by atoms with E-state index in [9.17, 15) is 14.9 Å². The fourth-order valence-electron chi connectivity index (χ4n) is 4.46. The zero-order valence-electron chi connectivity index (χ0n) is 20.9. The molecule has 0 radical (unpaired) electrons. The molecule has 1 aliphatic heterocycles. The van der Waals surface area contributed by atoms with E-state index in [0.29, 0.717) is 39.3 Å². The van der Waals surface area contributed by atoms with E-state index in [2.05, 4.69) is 21.6 Å². The maximum atomic E-state index is 13.3. The number of benzene rings is 4. The second-order valence-corrected chi connectivity index (χ2v) is 8.78. The summed E-state index contributed by atoms with van der Waals surface area (Å²) >= 11 is 0. The van der Waals surface area contributed by atoms with Crippen molar-refractivity contribution in [2.75, 3.05) is 6.79 Å². The van der Waals surface area contributed by atoms with Crippen molar-refractivity contribution in [2.24, 2.45) is 5.10 Å². The molecule has 0 atom stereocenters. The zero-order valence-corrected chi connectivity index (χ0v) is 20.9. The first-order valence-corrected chi connectivity index (χ1v) is 12.3. The van der Waals surface area contributed by atoms with Crippen LogP contribution in [-0.4, -0.2) is 29.9 Å². The Morgan fingerprint density at radius 1 is 0.950 bits per heavy atom. The quantitative estimate of drug-likeness (QED) is 0.131. The van der Waals surface area contributed by atoms with Gasteiger partial charge in [-0.15, -0.1) is 0 Å². The summed E-state index contributed by atoms with van der Waals surface area (Å²) in [7, 11) is 0. The van der Waals surface area contributed by atoms with Gasteiger partial charge in [-0.1, -0.05) is 54.6 Å². The van der Waals surface area contributed by atoms with Crippen LogP contribution in [0.15, 0.2) is 96.1 Å². The maximum absolute atomic E-state index is 13.3. The van der Waals surface area contributed by atoms with E-state index in [1.165, 1.54) is 6.21 Å². The lowest BCUT2D eigenvalue weighted by Crippen LogP contribution is -2.19. The Morgan fingerprint density at radius 3 is 2.60 bits per heavy atom. The number of hydrazone groups is 1. The van der Waals surface area contributed by atoms with Gasteiger partial charge < -0.3 is 19.2 Å². The Kier molecular flexibility index (Phi) is 6.40. The molecule has 2 N–H and O–H groups in total. The van der Waals surface area contributed by atoms with Crippen LogP contribution in [0.25, 0.3) is 22.0 Å². The first-order valence-electron chi connectivity index (χ1n) is 12.3. The van der Waals surface area contributed by atoms with Crippen molar-refractivity contribution >= 4 is 29.0 Å². The van der Waals surface area contributed by atoms with Crippen molar-refractivity contribution < 1.29 is 23.8 Å². The Morgan fingerprint density at radius 2 is 1.75 bits per heavy atom. The number of H-pyrrole nitrogens is 1. The first-order chi connectivity index (χ1) is 19.6. The van der Waals surface area contributed by atoms with E-state index in [-0.39, 0.29) is 18.2 Å². The fraction of sp³-hybridized carbons (Fsp3) is 0.0323. The summed E-state index contributed by atoms with van der Waals surface area (Å²) in [6.45, 7) is 0.101. The van der Waals surface area contributed by atoms with Crippen LogP contribution in [0.5, 0.6) is 17.2 Å². The molecule has 5 aromatic rings. The van der Waals surface area contributed by atoms with Crippen LogP contribution in [-0.2, 0) is 0 Å². The molecular weight excluding hydrogens is 508 g/mol. The predicted octanol–water partition coefficient (Wildman–Crippen LogP) is 5.42. The summed E-state index contributed by atoms with van der Waals surface area (Å²) in [5.41, 5.74) is 6.06. The molecule has 4 aromatic carbocycles. The summed E-state index contributed by atoms with van der Waals surface area (Å²) in [5.74, 6) is 0.222. The molecule has 0 aliphatic carbocycles. The lowest BCUT2D eigenvalue weighted by Gasteiger charge is -2.08. The van der Waals surface area contributed by atoms with Gasteiger partial charge in [-0.25, -0.2) is 10.2 Å². The maximum Gasteiger partial charge on any atom is 0.343 e. The number of ether oxygens (including phenoxy) is 3. The third-order valence-electron chi connectivity index (χ3n) is 6.34. The predicted molar refractivity (Wildman–Crippen MR) is 147 cm³/mol. The van der Waals surface area contributed by atoms with E-state index < -0.39 is 11.9 Å². The smallest absolute Gasteiger partial charge is 0.343 e. The van der Waals surface area contributed by atoms with Crippen molar-refractivity contribution in [1.82, 2.24) is 10.4 Å². The minimum absolute atomic E-state index is 0.101. The number of fused-ring (bicyclic) bond motifs is 2. The van der Waals surface area contributed by atoms with Crippen LogP contribution in [0.1, 0.15) is 32.0 Å². The van der Waals surface area contributed by atoms with Gasteiger partial charge in [0.2, 0.25) is 6.79 Å². The Balaban J connectivity index is 1.25. The van der Waals surface area contributed by atoms with Crippen molar-refractivity contribution in [3.8, 4) is 34.4 Å². The Hall–Kier alpha value is -5.88. The van der Waals surface area contributed by atoms with E-state index in [0.717, 1.165) is 10.9 Å². The molecule has 9 nitrogen and oxygen atoms in total. The largest absolute Gasteiger partial charge is 0.454 e. The standard InChI is InChI=1S/C31H20N4O5/c32-16-21-10-6-11-23-27(19-7-2-1-3-8-19)29(34-28(21)23)30(36)35-33-17-22-9-4-5-12-24(22)40-31(37)20-13-14-25-26(15-20)39-18-38-25/h1-15,17,34H,18H2,(H,35,36). The van der Waals surface area contributed by atoms with Crippen molar-refractivity contribution in [3.63, 3.8) is 0 Å². The fourth-order valence-corrected chi connectivity index (χ4v) is 4.46. The number of aromatic nitrogens is 1. The van der Waals surface area contributed by atoms with Gasteiger partial charge >= 0.3 is 5.97 Å². The number of nitrogens with zero attached hydrogens (tertiary/aromatic N) is 2. The molecule has 0 saturated heterocycles. The van der Waals surface area contributed by atoms with Crippen LogP contribution >= 0.6 is 0 Å². The third kappa shape index (κ3) is 4.61. The summed E-state index contributed by atoms with van der Waals surface area (Å²) in [6.07, 6.45) is 1.39. The number of esters is 1. The van der Waals surface area contributed by atoms with Crippen LogP contribution in [0.2, 0.25) is 0 Å². The molecular formula is C31H20N4O5. The number of rotatable bonds is 6. The highest BCUT2D eigenvalue weighted by molar-refractivity contribution is 6.10. The number of para-hydroxylation sites is 2. The van der Waals surface area contributed by atoms with Gasteiger partial charge in [0.05, 0.1) is 22.9 Å². The van der Waals surface area contributed by atoms with E-state index in [1.807, 2.05) is 36.4 Å². The monoisotopic (exact) mass is 528 g/mol. The zero-order chi connectivity index (χ0) is 27.5. The van der Waals surface area contributed by atoms with Gasteiger partial charge in [-0.3, -0.25) is 4.79 Å². The van der Waals surface area contributed by atoms with Crippen LogP contribution < -0.4 is 19.6 Å². The topological polar surface area (TPSA) is 126 Å². The van der Waals surface area contributed by atoms with Gasteiger partial charge in [0.25, 0.3) is 5.91 Å². The molecule has 1 aromatic heterocycles. The number of carbonyl (C=O) groups excluding carboxylic acids is 2. The lowest BCUT2D eigenvalue weighted by atomic mass is 10.0. The lowest BCUT2D eigenvalue weighted by molar-refractivity contribution is 0.0733. The number of nitriles is 1. The van der Waals surface area contributed by atoms with Gasteiger partial charge in [0.1, 0.15) is 17.5 Å². The van der Waals surface area contributed by atoms with Crippen LogP contribution in [0.4, 0.5) is 0 Å². The molecule has 9 heteroatoms. The Labute approximate surface area is 228 Å². The average Bonchev–Trinajstić information content (AvgIpc) is 3.63. The summed E-state index contributed by atoms with van der Waals surface area (Å²) in [4.78, 5) is 29.2. The van der Waals surface area contributed by atoms with Crippen LogP contribution in [0.3, 0.4) is 0 Å². The molecule has 40 heavy (non-hydrogen) atoms. The third-order valence-corrected chi connectivity index (χ3v) is 6.34. The van der Waals surface area contributed by atoms with Crippen molar-refractivity contribution in [1.29, 1.82) is 5.26 Å². The Bertz CT molecular complexity index is 1840. The molecule has 0 saturated carbocycles. The normalized spacial score (nSPS) is 11.9. The van der Waals surface area contributed by atoms with E-state index in [1.54, 1.807) is 54.6 Å². The van der Waals surface area contributed by atoms with Crippen molar-refractivity contribution in [2.45, 2.75) is 0 Å². The highest BCUT2D eigenvalue weighted by Crippen LogP contribution is 2.34. The molecule has 1 aliphatic rings. The molecule has 194 valence electrons. The second-order valence-electron chi connectivity index (χ2n) is 8.78. The highest BCUT2D eigenvalue weighted by Gasteiger charge is 2.21. The second kappa shape index (κ2) is 10.5. The number of hydrogen-bond donors (Lipinski definition) is 2. The van der Waals surface area contributed by atoms with Crippen LogP contribution in [0, 0.1) is 11.3 Å². The summed E-state index contributed by atoms with van der Waals surface area (Å²) < 4.78 is 16.2. The summed E-state index contributed by atoms with van der Waals surface area (Å²) in [6, 6.07) is 28.5. The van der Waals surface area contributed by atoms with Gasteiger partial charge in [0, 0.05) is 16.5 Å². The van der Waals surface area contributed by atoms with E-state index in [4.69, 9.17) is 14.2 Å². The van der Waals surface area contributed by atoms with Gasteiger partial charge in [-0.2, -0.15) is 10.4 Å². The average molecular weight is 529 g/mol. The number of aromatic amines is 1. The first kappa shape index (κ1) is 24.5. The number of nitrogens with one attached hydrogen (secondary N) is 2. The number of hydrogen-bond acceptors (Lipinski definition) is 7. The molecule has 0 spiro atoms. The van der Waals surface area contributed by atoms with E-state index >= 15 is 0 Å². The number of amides is 1. The molecule has 1 amide bonds. The van der Waals surface area contributed by atoms with Crippen molar-refractivity contribution in [3.05, 3.63) is 113 Å². The van der Waals surface area contributed by atoms with Gasteiger partial charge in [0.15, 0.2) is 11.5 Å². The minimum Gasteiger partial charge on any atom is -0.454 e. The molecule has 0 bridgehead atoms. The minimum atomic E-state index is -0.581. The molecule has 6 rings (SSSR count).